The molecule has 0 unspecified atom stereocenters. The largest absolute Gasteiger partial charge is 0.385 e. The van der Waals surface area contributed by atoms with Gasteiger partial charge in [0.15, 0.2) is 5.78 Å². The van der Waals surface area contributed by atoms with E-state index in [4.69, 9.17) is 10.2 Å². The third-order valence-corrected chi connectivity index (χ3v) is 1.79. The summed E-state index contributed by atoms with van der Waals surface area (Å²) in [5, 5.41) is 18.2. The number of aliphatic hydroxyl groups is 2. The predicted molar refractivity (Wildman–Crippen MR) is 40.0 cm³/mol. The first-order valence-corrected chi connectivity index (χ1v) is 3.76. The number of carbonyl (C=O) groups excluding carboxylic acids is 1. The number of rotatable bonds is 0. The third kappa shape index (κ3) is 2.13. The summed E-state index contributed by atoms with van der Waals surface area (Å²) in [6.07, 6.45) is 3.12. The maximum Gasteiger partial charge on any atom is 0.189 e. The van der Waals surface area contributed by atoms with Crippen LogP contribution >= 0.6 is 0 Å². The van der Waals surface area contributed by atoms with E-state index in [2.05, 4.69) is 0 Å². The highest BCUT2D eigenvalue weighted by Crippen LogP contribution is 2.09. The summed E-state index contributed by atoms with van der Waals surface area (Å²) in [5.74, 6) is -0.450. The van der Waals surface area contributed by atoms with E-state index in [0.717, 1.165) is 0 Å². The molecule has 1 rings (SSSR count). The van der Waals surface area contributed by atoms with Gasteiger partial charge in [-0.3, -0.25) is 4.79 Å². The fraction of sp³-hybridized carbons (Fsp3) is 0.625. The van der Waals surface area contributed by atoms with Gasteiger partial charge in [0.05, 0.1) is 0 Å². The molecule has 2 N–H and O–H groups in total. The average molecular weight is 156 g/mol. The molecule has 0 saturated carbocycles. The van der Waals surface area contributed by atoms with Gasteiger partial charge in [-0.2, -0.15) is 0 Å². The van der Waals surface area contributed by atoms with Crippen molar-refractivity contribution >= 4 is 5.78 Å². The Hall–Kier alpha value is -0.670. The summed E-state index contributed by atoms with van der Waals surface area (Å²) in [5.41, 5.74) is 0. The molecule has 0 spiro atoms. The maximum absolute atomic E-state index is 11.0. The second-order valence-corrected chi connectivity index (χ2v) is 2.72. The lowest BCUT2D eigenvalue weighted by Gasteiger charge is -2.14. The van der Waals surface area contributed by atoms with Gasteiger partial charge in [0.1, 0.15) is 12.2 Å². The second-order valence-electron chi connectivity index (χ2n) is 2.72. The zero-order chi connectivity index (χ0) is 8.27. The van der Waals surface area contributed by atoms with Crippen LogP contribution in [0.2, 0.25) is 0 Å². The Balaban J connectivity index is 2.62. The zero-order valence-electron chi connectivity index (χ0n) is 6.23. The lowest BCUT2D eigenvalue weighted by Crippen LogP contribution is -2.32. The molecule has 0 saturated heterocycles. The van der Waals surface area contributed by atoms with E-state index in [9.17, 15) is 4.79 Å². The van der Waals surface area contributed by atoms with E-state index in [1.165, 1.54) is 0 Å². The van der Waals surface area contributed by atoms with Crippen molar-refractivity contribution < 1.29 is 15.0 Å². The van der Waals surface area contributed by atoms with Crippen molar-refractivity contribution in [3.05, 3.63) is 12.2 Å². The first-order chi connectivity index (χ1) is 5.22. The molecule has 62 valence electrons. The molecule has 2 atom stereocenters. The lowest BCUT2D eigenvalue weighted by molar-refractivity contribution is -0.135. The molecule has 1 aliphatic carbocycles. The molecule has 0 amide bonds. The van der Waals surface area contributed by atoms with Crippen molar-refractivity contribution in [3.8, 4) is 0 Å². The van der Waals surface area contributed by atoms with Gasteiger partial charge in [-0.05, 0) is 19.3 Å². The minimum atomic E-state index is -1.01. The van der Waals surface area contributed by atoms with E-state index < -0.39 is 18.0 Å². The Kier molecular flexibility index (Phi) is 2.79. The Morgan fingerprint density at radius 3 is 2.73 bits per heavy atom. The van der Waals surface area contributed by atoms with Crippen LogP contribution in [0.1, 0.15) is 19.3 Å². The maximum atomic E-state index is 11.0. The zero-order valence-corrected chi connectivity index (χ0v) is 6.23. The fourth-order valence-corrected chi connectivity index (χ4v) is 1.08. The van der Waals surface area contributed by atoms with Crippen LogP contribution < -0.4 is 0 Å². The normalized spacial score (nSPS) is 36.0. The quantitative estimate of drug-likeness (QED) is 0.486. The smallest absolute Gasteiger partial charge is 0.189 e. The van der Waals surface area contributed by atoms with E-state index in [0.29, 0.717) is 19.3 Å². The number of Topliss-reactive ketones (excluding diaryl/α,β-unsaturated/α-hetero) is 1. The van der Waals surface area contributed by atoms with Crippen molar-refractivity contribution in [1.82, 2.24) is 0 Å². The van der Waals surface area contributed by atoms with Crippen LogP contribution in [0.5, 0.6) is 0 Å². The monoisotopic (exact) mass is 156 g/mol. The summed E-state index contributed by atoms with van der Waals surface area (Å²) in [6, 6.07) is 0. The van der Waals surface area contributed by atoms with Gasteiger partial charge < -0.3 is 10.2 Å². The van der Waals surface area contributed by atoms with E-state index in [1.807, 2.05) is 6.08 Å². The molecule has 11 heavy (non-hydrogen) atoms. The summed E-state index contributed by atoms with van der Waals surface area (Å²) >= 11 is 0. The highest BCUT2D eigenvalue weighted by molar-refractivity contribution is 5.87. The topological polar surface area (TPSA) is 57.5 Å². The number of carbonyl (C=O) groups is 1. The molecule has 1 aliphatic rings. The van der Waals surface area contributed by atoms with Crippen LogP contribution in [0.15, 0.2) is 12.2 Å². The van der Waals surface area contributed by atoms with Gasteiger partial charge in [-0.15, -0.1) is 0 Å². The molecular weight excluding hydrogens is 144 g/mol. The van der Waals surface area contributed by atoms with Crippen molar-refractivity contribution in [2.45, 2.75) is 31.5 Å². The Morgan fingerprint density at radius 2 is 2.00 bits per heavy atom. The molecule has 3 heteroatoms. The highest BCUT2D eigenvalue weighted by Gasteiger charge is 2.22. The number of hydrogen-bond acceptors (Lipinski definition) is 3. The molecule has 0 aromatic carbocycles. The fourth-order valence-electron chi connectivity index (χ4n) is 1.08. The SMILES string of the molecule is O=C1[C@H](O)C/C=C\CC[C@H]1O. The molecule has 0 bridgehead atoms. The van der Waals surface area contributed by atoms with Gasteiger partial charge in [-0.25, -0.2) is 0 Å². The van der Waals surface area contributed by atoms with Gasteiger partial charge in [0.2, 0.25) is 0 Å². The summed E-state index contributed by atoms with van der Waals surface area (Å²) < 4.78 is 0. The summed E-state index contributed by atoms with van der Waals surface area (Å²) in [4.78, 5) is 11.0. The van der Waals surface area contributed by atoms with Crippen LogP contribution in [0.4, 0.5) is 0 Å². The molecule has 0 heterocycles. The first kappa shape index (κ1) is 8.43. The third-order valence-electron chi connectivity index (χ3n) is 1.79. The van der Waals surface area contributed by atoms with Crippen molar-refractivity contribution in [3.63, 3.8) is 0 Å². The predicted octanol–water partition coefficient (Wildman–Crippen LogP) is 0.0174. The molecule has 0 aromatic heterocycles. The standard InChI is InChI=1S/C8H12O3/c9-6-4-2-1-3-5-7(10)8(6)11/h1-2,6-7,9-10H,3-5H2/b2-1-/t6-,7-/m1/s1. The van der Waals surface area contributed by atoms with Crippen LogP contribution in [0.3, 0.4) is 0 Å². The van der Waals surface area contributed by atoms with Crippen LogP contribution in [0.25, 0.3) is 0 Å². The van der Waals surface area contributed by atoms with E-state index in [-0.39, 0.29) is 0 Å². The second kappa shape index (κ2) is 3.64. The average Bonchev–Trinajstić information content (AvgIpc) is 2.00. The minimum absolute atomic E-state index is 0.329. The minimum Gasteiger partial charge on any atom is -0.385 e. The number of aliphatic hydroxyl groups excluding tert-OH is 2. The van der Waals surface area contributed by atoms with E-state index in [1.54, 1.807) is 6.08 Å². The van der Waals surface area contributed by atoms with Crippen LogP contribution in [-0.2, 0) is 4.79 Å². The van der Waals surface area contributed by atoms with Crippen LogP contribution in [0, 0.1) is 0 Å². The highest BCUT2D eigenvalue weighted by atomic mass is 16.3. The molecule has 0 aromatic rings. The van der Waals surface area contributed by atoms with Crippen molar-refractivity contribution in [2.75, 3.05) is 0 Å². The van der Waals surface area contributed by atoms with E-state index >= 15 is 0 Å². The molecule has 3 nitrogen and oxygen atoms in total. The van der Waals surface area contributed by atoms with Gasteiger partial charge in [0.25, 0.3) is 0 Å². The Morgan fingerprint density at radius 1 is 1.27 bits per heavy atom. The first-order valence-electron chi connectivity index (χ1n) is 3.76. The summed E-state index contributed by atoms with van der Waals surface area (Å²) in [7, 11) is 0. The van der Waals surface area contributed by atoms with Gasteiger partial charge in [0, 0.05) is 0 Å². The van der Waals surface area contributed by atoms with Crippen molar-refractivity contribution in [2.24, 2.45) is 0 Å². The Labute approximate surface area is 65.3 Å². The molecule has 0 aliphatic heterocycles. The number of allylic oxidation sites excluding steroid dienone is 1. The van der Waals surface area contributed by atoms with Gasteiger partial charge in [-0.1, -0.05) is 12.2 Å². The van der Waals surface area contributed by atoms with Crippen molar-refractivity contribution in [1.29, 1.82) is 0 Å². The molecule has 0 radical (unpaired) electrons. The molecule has 0 fully saturated rings. The van der Waals surface area contributed by atoms with Gasteiger partial charge >= 0.3 is 0 Å². The summed E-state index contributed by atoms with van der Waals surface area (Å²) in [6.45, 7) is 0. The molecular formula is C8H12O3. The lowest BCUT2D eigenvalue weighted by atomic mass is 10.00. The number of hydrogen-bond donors (Lipinski definition) is 2. The Bertz CT molecular complexity index is 174. The van der Waals surface area contributed by atoms with Crippen LogP contribution in [-0.4, -0.2) is 28.2 Å². The number of ketones is 1.